The normalized spacial score (nSPS) is 21.1. The summed E-state index contributed by atoms with van der Waals surface area (Å²) in [6, 6.07) is 9.02. The summed E-state index contributed by atoms with van der Waals surface area (Å²) in [4.78, 5) is 30.2. The molecule has 1 amide bonds. The van der Waals surface area contributed by atoms with Gasteiger partial charge >= 0.3 is 0 Å². The molecule has 0 bridgehead atoms. The lowest BCUT2D eigenvalue weighted by atomic mass is 9.81. The smallest absolute Gasteiger partial charge is 0.254 e. The van der Waals surface area contributed by atoms with Gasteiger partial charge in [-0.1, -0.05) is 0 Å². The highest BCUT2D eigenvalue weighted by Crippen LogP contribution is 2.39. The highest BCUT2D eigenvalue weighted by Gasteiger charge is 2.37. The lowest BCUT2D eigenvalue weighted by Gasteiger charge is -2.44. The molecule has 2 aromatic heterocycles. The summed E-state index contributed by atoms with van der Waals surface area (Å²) >= 11 is 1.52. The van der Waals surface area contributed by atoms with Gasteiger partial charge in [-0.05, 0) is 89.8 Å². The van der Waals surface area contributed by atoms with E-state index < -0.39 is 0 Å². The Morgan fingerprint density at radius 3 is 2.55 bits per heavy atom. The number of anilines is 1. The van der Waals surface area contributed by atoms with Crippen molar-refractivity contribution in [2.75, 3.05) is 31.8 Å². The molecule has 1 saturated carbocycles. The first-order valence-electron chi connectivity index (χ1n) is 14.4. The van der Waals surface area contributed by atoms with Crippen LogP contribution in [0.3, 0.4) is 0 Å². The molecule has 1 saturated heterocycles. The number of ether oxygens (including phenoxy) is 1. The van der Waals surface area contributed by atoms with Gasteiger partial charge in [0.2, 0.25) is 0 Å². The molecule has 9 heteroatoms. The van der Waals surface area contributed by atoms with E-state index in [2.05, 4.69) is 64.5 Å². The van der Waals surface area contributed by atoms with Gasteiger partial charge in [0.15, 0.2) is 0 Å². The van der Waals surface area contributed by atoms with E-state index in [9.17, 15) is 9.59 Å². The quantitative estimate of drug-likeness (QED) is 0.268. The van der Waals surface area contributed by atoms with Crippen LogP contribution in [-0.2, 0) is 11.3 Å². The molecule has 2 aliphatic rings. The lowest BCUT2D eigenvalue weighted by molar-refractivity contribution is -0.0719. The van der Waals surface area contributed by atoms with E-state index in [1.807, 2.05) is 26.3 Å². The number of amides is 1. The third-order valence-electron chi connectivity index (χ3n) is 8.89. The summed E-state index contributed by atoms with van der Waals surface area (Å²) in [5, 5.41) is 11.1. The molecular formula is C31H43N5O3S. The molecule has 3 heterocycles. The van der Waals surface area contributed by atoms with Crippen LogP contribution in [0.15, 0.2) is 34.0 Å². The van der Waals surface area contributed by atoms with Crippen LogP contribution in [0.25, 0.3) is 10.9 Å². The van der Waals surface area contributed by atoms with E-state index in [-0.39, 0.29) is 29.6 Å². The molecule has 40 heavy (non-hydrogen) atoms. The molecule has 0 radical (unpaired) electrons. The third kappa shape index (κ3) is 5.56. The summed E-state index contributed by atoms with van der Waals surface area (Å²) in [6.45, 7) is 10.3. The number of benzene rings is 1. The number of rotatable bonds is 9. The summed E-state index contributed by atoms with van der Waals surface area (Å²) in [5.74, 6) is 0.380. The number of H-pyrrole nitrogens is 1. The van der Waals surface area contributed by atoms with Crippen LogP contribution in [0.4, 0.5) is 5.69 Å². The highest BCUT2D eigenvalue weighted by molar-refractivity contribution is 7.98. The van der Waals surface area contributed by atoms with Crippen molar-refractivity contribution >= 4 is 34.3 Å². The SMILES string of the molecule is CNc1ccc2c(c1)c(C(=O)NCc1c(SC)cc(C)[nH]c1=O)c(C)n2[C@H](C)C1CCC(NC2(C)COC2)CC1. The molecule has 0 unspecified atom stereocenters. The van der Waals surface area contributed by atoms with Gasteiger partial charge in [0.25, 0.3) is 11.5 Å². The Balaban J connectivity index is 1.40. The highest BCUT2D eigenvalue weighted by atomic mass is 32.2. The Hall–Kier alpha value is -2.75. The van der Waals surface area contributed by atoms with Crippen molar-refractivity contribution in [1.29, 1.82) is 0 Å². The van der Waals surface area contributed by atoms with Crippen LogP contribution in [0.5, 0.6) is 0 Å². The molecule has 1 atom stereocenters. The largest absolute Gasteiger partial charge is 0.388 e. The van der Waals surface area contributed by atoms with Crippen molar-refractivity contribution in [3.05, 3.63) is 57.1 Å². The minimum Gasteiger partial charge on any atom is -0.388 e. The van der Waals surface area contributed by atoms with Crippen LogP contribution < -0.4 is 21.5 Å². The molecule has 8 nitrogen and oxygen atoms in total. The number of nitrogens with zero attached hydrogens (tertiary/aromatic N) is 1. The zero-order valence-corrected chi connectivity index (χ0v) is 25.4. The van der Waals surface area contributed by atoms with Crippen LogP contribution in [-0.4, -0.2) is 53.6 Å². The second-order valence-corrected chi connectivity index (χ2v) is 12.7. The molecule has 1 aliphatic heterocycles. The fourth-order valence-electron chi connectivity index (χ4n) is 6.64. The zero-order valence-electron chi connectivity index (χ0n) is 24.6. The van der Waals surface area contributed by atoms with Crippen molar-refractivity contribution in [3.63, 3.8) is 0 Å². The molecule has 1 aliphatic carbocycles. The van der Waals surface area contributed by atoms with E-state index in [0.717, 1.165) is 71.8 Å². The fourth-order valence-corrected chi connectivity index (χ4v) is 7.35. The van der Waals surface area contributed by atoms with E-state index in [1.165, 1.54) is 11.8 Å². The Bertz CT molecular complexity index is 1450. The predicted molar refractivity (Wildman–Crippen MR) is 164 cm³/mol. The van der Waals surface area contributed by atoms with Crippen molar-refractivity contribution in [3.8, 4) is 0 Å². The first kappa shape index (κ1) is 28.8. The van der Waals surface area contributed by atoms with Crippen molar-refractivity contribution in [1.82, 2.24) is 20.2 Å². The summed E-state index contributed by atoms with van der Waals surface area (Å²) in [5.41, 5.74) is 5.06. The van der Waals surface area contributed by atoms with Gasteiger partial charge in [0, 0.05) is 64.1 Å². The van der Waals surface area contributed by atoms with Crippen LogP contribution >= 0.6 is 11.8 Å². The van der Waals surface area contributed by atoms with Gasteiger partial charge in [0.1, 0.15) is 0 Å². The van der Waals surface area contributed by atoms with Gasteiger partial charge < -0.3 is 30.2 Å². The number of thioether (sulfide) groups is 1. The van der Waals surface area contributed by atoms with Crippen molar-refractivity contribution in [2.45, 2.75) is 82.4 Å². The molecule has 4 N–H and O–H groups in total. The molecule has 2 fully saturated rings. The van der Waals surface area contributed by atoms with E-state index >= 15 is 0 Å². The maximum atomic E-state index is 13.8. The number of fused-ring (bicyclic) bond motifs is 1. The van der Waals surface area contributed by atoms with E-state index in [4.69, 9.17) is 4.74 Å². The number of carbonyl (C=O) groups excluding carboxylic acids is 1. The van der Waals surface area contributed by atoms with Gasteiger partial charge in [-0.3, -0.25) is 9.59 Å². The molecule has 0 spiro atoms. The second kappa shape index (κ2) is 11.6. The Morgan fingerprint density at radius 1 is 1.20 bits per heavy atom. The van der Waals surface area contributed by atoms with Crippen LogP contribution in [0, 0.1) is 19.8 Å². The Labute approximate surface area is 241 Å². The van der Waals surface area contributed by atoms with Gasteiger partial charge in [0.05, 0.1) is 24.3 Å². The van der Waals surface area contributed by atoms with Gasteiger partial charge in [-0.15, -0.1) is 11.8 Å². The Morgan fingerprint density at radius 2 is 1.93 bits per heavy atom. The molecular weight excluding hydrogens is 522 g/mol. The monoisotopic (exact) mass is 565 g/mol. The molecule has 216 valence electrons. The summed E-state index contributed by atoms with van der Waals surface area (Å²) in [6.07, 6.45) is 6.56. The number of hydrogen-bond acceptors (Lipinski definition) is 6. The second-order valence-electron chi connectivity index (χ2n) is 11.9. The average molecular weight is 566 g/mol. The molecule has 1 aromatic carbocycles. The third-order valence-corrected chi connectivity index (χ3v) is 9.70. The lowest BCUT2D eigenvalue weighted by Crippen LogP contribution is -2.61. The standard InChI is InChI=1S/C31H43N5O3S/c1-18-13-27(40-6)25(29(37)34-18)15-33-30(38)28-20(3)36(26-12-11-23(32-5)14-24(26)28)19(2)21-7-9-22(10-8-21)35-31(4)16-39-17-31/h11-14,19,21-22,32,35H,7-10,15-17H2,1-6H3,(H,33,38)(H,34,37)/t19-,21?,22?/m1/s1. The number of aromatic nitrogens is 2. The minimum atomic E-state index is -0.155. The summed E-state index contributed by atoms with van der Waals surface area (Å²) < 4.78 is 7.80. The zero-order chi connectivity index (χ0) is 28.6. The van der Waals surface area contributed by atoms with Crippen molar-refractivity contribution in [2.24, 2.45) is 5.92 Å². The molecule has 3 aromatic rings. The van der Waals surface area contributed by atoms with E-state index in [0.29, 0.717) is 23.1 Å². The molecule has 5 rings (SSSR count). The number of carbonyl (C=O) groups is 1. The first-order valence-corrected chi connectivity index (χ1v) is 15.6. The minimum absolute atomic E-state index is 0.129. The van der Waals surface area contributed by atoms with Crippen LogP contribution in [0.1, 0.15) is 72.9 Å². The maximum Gasteiger partial charge on any atom is 0.254 e. The number of aromatic amines is 1. The van der Waals surface area contributed by atoms with Gasteiger partial charge in [-0.2, -0.15) is 0 Å². The topological polar surface area (TPSA) is 100 Å². The van der Waals surface area contributed by atoms with Crippen LogP contribution in [0.2, 0.25) is 0 Å². The maximum absolute atomic E-state index is 13.8. The number of hydrogen-bond donors (Lipinski definition) is 4. The first-order chi connectivity index (χ1) is 19.1. The number of nitrogens with one attached hydrogen (secondary N) is 4. The van der Waals surface area contributed by atoms with Crippen molar-refractivity contribution < 1.29 is 9.53 Å². The van der Waals surface area contributed by atoms with E-state index in [1.54, 1.807) is 0 Å². The van der Waals surface area contributed by atoms with Gasteiger partial charge in [-0.25, -0.2) is 0 Å². The summed E-state index contributed by atoms with van der Waals surface area (Å²) in [7, 11) is 1.89. The number of pyridine rings is 1. The predicted octanol–water partition coefficient (Wildman–Crippen LogP) is 5.14. The number of aryl methyl sites for hydroxylation is 1. The average Bonchev–Trinajstić information content (AvgIpc) is 3.21. The Kier molecular flexibility index (Phi) is 8.36. The fraction of sp³-hybridized carbons (Fsp3) is 0.548.